The molecule has 3 fully saturated rings. The van der Waals surface area contributed by atoms with Gasteiger partial charge in [0.2, 0.25) is 15.9 Å². The first-order valence-corrected chi connectivity index (χ1v) is 19.8. The Balaban J connectivity index is 1.21. The Kier molecular flexibility index (Phi) is 9.57. The average Bonchev–Trinajstić information content (AvgIpc) is 3.98. The number of benzene rings is 1. The van der Waals surface area contributed by atoms with E-state index in [1.54, 1.807) is 31.0 Å². The number of sulfonamides is 1. The van der Waals surface area contributed by atoms with Gasteiger partial charge in [-0.15, -0.1) is 11.3 Å². The van der Waals surface area contributed by atoms with E-state index in [1.165, 1.54) is 23.5 Å². The van der Waals surface area contributed by atoms with E-state index in [0.717, 1.165) is 6.42 Å². The third-order valence-electron chi connectivity index (χ3n) is 10.3. The topological polar surface area (TPSA) is 160 Å². The number of alkyl halides is 3. The number of nitrogens with zero attached hydrogens (tertiary/aromatic N) is 4. The second kappa shape index (κ2) is 13.8. The molecule has 284 valence electrons. The number of methoxy groups -OCH3 is 1. The molecular weight excluding hydrogens is 738 g/mol. The highest BCUT2D eigenvalue weighted by atomic mass is 32.2. The molecular formula is C35H39F3N6O7S2. The van der Waals surface area contributed by atoms with Gasteiger partial charge in [-0.2, -0.15) is 13.2 Å². The molecule has 13 nitrogen and oxygen atoms in total. The van der Waals surface area contributed by atoms with Crippen LogP contribution in [-0.2, 0) is 25.8 Å². The highest BCUT2D eigenvalue weighted by Gasteiger charge is 2.62. The summed E-state index contributed by atoms with van der Waals surface area (Å²) < 4.78 is 80.1. The standard InChI is InChI=1S/C35H39F3N6O7S2/c1-19-27(50-3)12-11-23-28(15-24(39-29(19)23)25-18-52-32(40-25)35(36,37)38)51-21-14-26-30(45)43(2)13-7-5-4-6-8-20-16-34(20,41-33(47)44(26)17-21)31(46)42-53(48,49)22-9-10-22/h6,8,11-12,15,18,20-22,26H,4-5,7,9-10,13-14,16-17H2,1-3H3,(H,41,47)(H,42,46)/b8-6+/t20-,21+,26+,34-/m1/s1. The van der Waals surface area contributed by atoms with Crippen LogP contribution in [0.3, 0.4) is 0 Å². The van der Waals surface area contributed by atoms with Gasteiger partial charge in [0.15, 0.2) is 5.01 Å². The van der Waals surface area contributed by atoms with E-state index in [2.05, 4.69) is 20.0 Å². The Morgan fingerprint density at radius 2 is 1.91 bits per heavy atom. The Hall–Kier alpha value is -4.45. The molecule has 0 unspecified atom stereocenters. The van der Waals surface area contributed by atoms with Crippen molar-refractivity contribution in [3.8, 4) is 22.9 Å². The Morgan fingerprint density at radius 1 is 1.13 bits per heavy atom. The molecule has 1 saturated heterocycles. The Morgan fingerprint density at radius 3 is 2.60 bits per heavy atom. The summed E-state index contributed by atoms with van der Waals surface area (Å²) in [6, 6.07) is 3.21. The molecule has 2 N–H and O–H groups in total. The first-order valence-electron chi connectivity index (χ1n) is 17.4. The maximum absolute atomic E-state index is 14.1. The SMILES string of the molecule is COc1ccc2c(O[C@H]3C[C@H]4C(=O)N(C)CCCC/C=C/[C@@H]5C[C@@]5(C(=O)NS(=O)(=O)C5CC5)NC(=O)N4C3)cc(-c3csc(C(F)(F)F)n3)nc2c1C. The predicted octanol–water partition coefficient (Wildman–Crippen LogP) is 4.79. The molecule has 3 aromatic rings. The van der Waals surface area contributed by atoms with E-state index >= 15 is 0 Å². The van der Waals surface area contributed by atoms with Gasteiger partial charge in [-0.1, -0.05) is 12.2 Å². The zero-order chi connectivity index (χ0) is 37.9. The van der Waals surface area contributed by atoms with Crippen molar-refractivity contribution in [1.29, 1.82) is 0 Å². The molecule has 4 aliphatic rings. The fourth-order valence-corrected chi connectivity index (χ4v) is 9.08. The predicted molar refractivity (Wildman–Crippen MR) is 189 cm³/mol. The minimum Gasteiger partial charge on any atom is -0.496 e. The molecule has 7 rings (SSSR count). The van der Waals surface area contributed by atoms with Crippen LogP contribution in [0.1, 0.15) is 55.5 Å². The van der Waals surface area contributed by atoms with E-state index < -0.39 is 62.0 Å². The monoisotopic (exact) mass is 776 g/mol. The molecule has 0 spiro atoms. The lowest BCUT2D eigenvalue weighted by atomic mass is 10.1. The number of carbonyl (C=O) groups excluding carboxylic acids is 3. The van der Waals surface area contributed by atoms with Gasteiger partial charge in [-0.05, 0) is 57.6 Å². The minimum atomic E-state index is -4.64. The number of hydrogen-bond donors (Lipinski definition) is 2. The van der Waals surface area contributed by atoms with Crippen LogP contribution in [0.5, 0.6) is 11.5 Å². The van der Waals surface area contributed by atoms with Gasteiger partial charge in [0.05, 0.1) is 30.1 Å². The van der Waals surface area contributed by atoms with Gasteiger partial charge >= 0.3 is 12.2 Å². The van der Waals surface area contributed by atoms with Crippen molar-refractivity contribution in [2.45, 2.75) is 81.0 Å². The van der Waals surface area contributed by atoms with Crippen molar-refractivity contribution < 1.29 is 45.4 Å². The summed E-state index contributed by atoms with van der Waals surface area (Å²) in [4.78, 5) is 52.9. The normalized spacial score (nSPS) is 26.0. The van der Waals surface area contributed by atoms with Crippen molar-refractivity contribution >= 4 is 50.1 Å². The lowest BCUT2D eigenvalue weighted by Gasteiger charge is -2.30. The Labute approximate surface area is 308 Å². The molecule has 2 aliphatic carbocycles. The van der Waals surface area contributed by atoms with Crippen LogP contribution in [0.4, 0.5) is 18.0 Å². The number of pyridine rings is 1. The first-order chi connectivity index (χ1) is 25.1. The number of urea groups is 1. The number of nitrogens with one attached hydrogen (secondary N) is 2. The van der Waals surface area contributed by atoms with Crippen LogP contribution < -0.4 is 19.5 Å². The zero-order valence-electron chi connectivity index (χ0n) is 29.2. The fraction of sp³-hybridized carbons (Fsp3) is 0.514. The van der Waals surface area contributed by atoms with E-state index in [-0.39, 0.29) is 42.4 Å². The molecule has 53 heavy (non-hydrogen) atoms. The number of hydrogen-bond acceptors (Lipinski definition) is 10. The molecule has 0 bridgehead atoms. The second-order valence-electron chi connectivity index (χ2n) is 14.0. The summed E-state index contributed by atoms with van der Waals surface area (Å²) >= 11 is 0.446. The number of aryl methyl sites for hydroxylation is 1. The summed E-state index contributed by atoms with van der Waals surface area (Å²) in [6.07, 6.45) is 1.66. The number of likely N-dealkylation sites (N-methyl/N-ethyl adjacent to an activating group) is 1. The van der Waals surface area contributed by atoms with Crippen LogP contribution >= 0.6 is 11.3 Å². The molecule has 2 aromatic heterocycles. The Bertz CT molecular complexity index is 2100. The number of ether oxygens (including phenoxy) is 2. The van der Waals surface area contributed by atoms with Crippen molar-refractivity contribution in [1.82, 2.24) is 29.8 Å². The zero-order valence-corrected chi connectivity index (χ0v) is 30.9. The van der Waals surface area contributed by atoms with Crippen molar-refractivity contribution in [3.63, 3.8) is 0 Å². The number of thiazole rings is 1. The van der Waals surface area contributed by atoms with Gasteiger partial charge in [0.25, 0.3) is 5.91 Å². The number of carbonyl (C=O) groups is 3. The number of amides is 4. The van der Waals surface area contributed by atoms with Gasteiger partial charge in [-0.25, -0.2) is 23.2 Å². The summed E-state index contributed by atoms with van der Waals surface area (Å²) in [7, 11) is -0.754. The smallest absolute Gasteiger partial charge is 0.443 e. The van der Waals surface area contributed by atoms with E-state index in [1.807, 2.05) is 12.2 Å². The van der Waals surface area contributed by atoms with Crippen LogP contribution in [0.2, 0.25) is 0 Å². The summed E-state index contributed by atoms with van der Waals surface area (Å²) in [5.41, 5.74) is -0.374. The molecule has 2 aliphatic heterocycles. The van der Waals surface area contributed by atoms with Crippen molar-refractivity contribution in [2.75, 3.05) is 27.2 Å². The quantitative estimate of drug-likeness (QED) is 0.322. The lowest BCUT2D eigenvalue weighted by Crippen LogP contribution is -2.57. The van der Waals surface area contributed by atoms with Crippen molar-refractivity contribution in [3.05, 3.63) is 46.3 Å². The largest absolute Gasteiger partial charge is 0.496 e. The number of fused-ring (bicyclic) bond motifs is 3. The molecule has 4 amide bonds. The number of aromatic nitrogens is 2. The minimum absolute atomic E-state index is 0.00364. The summed E-state index contributed by atoms with van der Waals surface area (Å²) in [5, 5.41) is 2.92. The number of rotatable bonds is 7. The van der Waals surface area contributed by atoms with Gasteiger partial charge in [0, 0.05) is 48.3 Å². The maximum Gasteiger partial charge on any atom is 0.443 e. The molecule has 1 aromatic carbocycles. The second-order valence-corrected chi connectivity index (χ2v) is 16.9. The number of allylic oxidation sites excluding steroid dienone is 1. The first kappa shape index (κ1) is 36.9. The van der Waals surface area contributed by atoms with E-state index in [9.17, 15) is 36.0 Å². The summed E-state index contributed by atoms with van der Waals surface area (Å²) in [6.45, 7) is 2.12. The average molecular weight is 777 g/mol. The third kappa shape index (κ3) is 7.26. The van der Waals surface area contributed by atoms with E-state index in [0.29, 0.717) is 65.8 Å². The molecule has 18 heteroatoms. The highest BCUT2D eigenvalue weighted by molar-refractivity contribution is 7.91. The highest BCUT2D eigenvalue weighted by Crippen LogP contribution is 2.46. The molecule has 4 atom stereocenters. The lowest BCUT2D eigenvalue weighted by molar-refractivity contribution is -0.137. The van der Waals surface area contributed by atoms with Gasteiger partial charge in [0.1, 0.15) is 34.9 Å². The van der Waals surface area contributed by atoms with Gasteiger partial charge < -0.3 is 24.6 Å². The fourth-order valence-electron chi connectivity index (χ4n) is 7.03. The van der Waals surface area contributed by atoms with Crippen LogP contribution in [0.15, 0.2) is 35.7 Å². The molecule has 4 heterocycles. The third-order valence-corrected chi connectivity index (χ3v) is 13.0. The van der Waals surface area contributed by atoms with Crippen molar-refractivity contribution in [2.24, 2.45) is 5.92 Å². The van der Waals surface area contributed by atoms with Gasteiger partial charge in [-0.3, -0.25) is 14.3 Å². The van der Waals surface area contributed by atoms with Crippen LogP contribution in [0, 0.1) is 12.8 Å². The molecule has 2 saturated carbocycles. The maximum atomic E-state index is 14.1. The van der Waals surface area contributed by atoms with Crippen LogP contribution in [-0.4, -0.2) is 96.2 Å². The molecule has 0 radical (unpaired) electrons. The summed E-state index contributed by atoms with van der Waals surface area (Å²) in [5.74, 6) is -0.836. The van der Waals surface area contributed by atoms with Crippen LogP contribution in [0.25, 0.3) is 22.3 Å². The van der Waals surface area contributed by atoms with E-state index in [4.69, 9.17) is 9.47 Å². The number of halogens is 3.